The molecule has 8 nitrogen and oxygen atoms in total. The van der Waals surface area contributed by atoms with Gasteiger partial charge in [0.25, 0.3) is 5.91 Å². The van der Waals surface area contributed by atoms with Gasteiger partial charge < -0.3 is 15.4 Å². The topological polar surface area (TPSA) is 110 Å². The summed E-state index contributed by atoms with van der Waals surface area (Å²) in [6, 6.07) is 0. The molecule has 146 valence electrons. The van der Waals surface area contributed by atoms with Crippen LogP contribution in [0.4, 0.5) is 11.5 Å². The second-order valence-corrected chi connectivity index (χ2v) is 8.83. The van der Waals surface area contributed by atoms with Crippen LogP contribution in [-0.4, -0.2) is 54.7 Å². The maximum Gasteiger partial charge on any atom is 0.277 e. The quantitative estimate of drug-likeness (QED) is 0.400. The highest BCUT2D eigenvalue weighted by Crippen LogP contribution is 2.44. The van der Waals surface area contributed by atoms with Gasteiger partial charge in [-0.05, 0) is 32.9 Å². The monoisotopic (exact) mass is 390 g/mol. The van der Waals surface area contributed by atoms with Gasteiger partial charge in [-0.25, -0.2) is 10.8 Å². The van der Waals surface area contributed by atoms with Crippen LogP contribution in [0, 0.1) is 0 Å². The molecule has 0 radical (unpaired) electrons. The highest BCUT2D eigenvalue weighted by Gasteiger charge is 2.36. The predicted octanol–water partition coefficient (Wildman–Crippen LogP) is 1.09. The molecule has 0 saturated carbocycles. The zero-order chi connectivity index (χ0) is 19.3. The van der Waals surface area contributed by atoms with Gasteiger partial charge in [0.2, 0.25) is 0 Å². The lowest BCUT2D eigenvalue weighted by Crippen LogP contribution is -2.47. The third-order valence-corrected chi connectivity index (χ3v) is 6.85. The normalized spacial score (nSPS) is 19.9. The summed E-state index contributed by atoms with van der Waals surface area (Å²) < 4.78 is 5.51. The number of carbonyl (C=O) groups excluding carboxylic acids is 1. The second kappa shape index (κ2) is 6.59. The number of ether oxygens (including phenoxy) is 1. The van der Waals surface area contributed by atoms with Crippen LogP contribution in [0.3, 0.4) is 0 Å². The minimum atomic E-state index is -0.371. The van der Waals surface area contributed by atoms with Gasteiger partial charge in [-0.1, -0.05) is 0 Å². The largest absolute Gasteiger partial charge is 0.397 e. The van der Waals surface area contributed by atoms with Gasteiger partial charge in [0.15, 0.2) is 0 Å². The number of pyridine rings is 1. The molecule has 2 aromatic rings. The Hall–Kier alpha value is -1.94. The van der Waals surface area contributed by atoms with Crippen LogP contribution in [0.25, 0.3) is 10.2 Å². The molecule has 2 aliphatic rings. The molecule has 1 saturated heterocycles. The van der Waals surface area contributed by atoms with Crippen LogP contribution < -0.4 is 21.9 Å². The zero-order valence-corrected chi connectivity index (χ0v) is 16.8. The molecule has 0 bridgehead atoms. The van der Waals surface area contributed by atoms with Crippen LogP contribution in [0.2, 0.25) is 0 Å². The second-order valence-electron chi connectivity index (χ2n) is 7.84. The lowest BCUT2D eigenvalue weighted by Gasteiger charge is -2.42. The van der Waals surface area contributed by atoms with Crippen molar-refractivity contribution in [3.8, 4) is 0 Å². The Morgan fingerprint density at radius 1 is 1.30 bits per heavy atom. The van der Waals surface area contributed by atoms with Crippen molar-refractivity contribution in [2.75, 3.05) is 44.0 Å². The Kier molecular flexibility index (Phi) is 4.50. The maximum atomic E-state index is 12.2. The van der Waals surface area contributed by atoms with E-state index in [4.69, 9.17) is 21.3 Å². The van der Waals surface area contributed by atoms with E-state index in [-0.39, 0.29) is 11.4 Å². The summed E-state index contributed by atoms with van der Waals surface area (Å²) in [5.74, 6) is 5.96. The fraction of sp³-hybridized carbons (Fsp3) is 0.556. The van der Waals surface area contributed by atoms with Crippen molar-refractivity contribution in [1.82, 2.24) is 15.3 Å². The molecular weight excluding hydrogens is 364 g/mol. The molecule has 9 heteroatoms. The first-order valence-electron chi connectivity index (χ1n) is 9.12. The summed E-state index contributed by atoms with van der Waals surface area (Å²) in [5.41, 5.74) is 11.5. The van der Waals surface area contributed by atoms with E-state index in [2.05, 4.69) is 36.1 Å². The zero-order valence-electron chi connectivity index (χ0n) is 16.0. The molecular formula is C18H26N6O2S. The van der Waals surface area contributed by atoms with Crippen LogP contribution in [0.5, 0.6) is 0 Å². The van der Waals surface area contributed by atoms with Crippen LogP contribution in [0.1, 0.15) is 34.6 Å². The fourth-order valence-corrected chi connectivity index (χ4v) is 4.93. The van der Waals surface area contributed by atoms with Crippen molar-refractivity contribution in [2.45, 2.75) is 32.4 Å². The molecule has 0 spiro atoms. The molecule has 4 heterocycles. The molecule has 5 N–H and O–H groups in total. The number of nitrogens with one attached hydrogen (secondary N) is 1. The van der Waals surface area contributed by atoms with E-state index in [0.717, 1.165) is 42.1 Å². The van der Waals surface area contributed by atoms with Gasteiger partial charge in [-0.15, -0.1) is 11.3 Å². The van der Waals surface area contributed by atoms with Crippen molar-refractivity contribution < 1.29 is 9.53 Å². The number of anilines is 2. The number of hydrazine groups is 1. The SMILES string of the molecule is CN1Cc2c(N3CCOCC3)nc3sc(C(=O)NN)c(N)c3c2CC1(C)C. The number of carbonyl (C=O) groups is 1. The average molecular weight is 391 g/mol. The fourth-order valence-electron chi connectivity index (χ4n) is 3.90. The molecule has 27 heavy (non-hydrogen) atoms. The minimum absolute atomic E-state index is 0.00573. The number of hydrogen-bond donors (Lipinski definition) is 3. The Labute approximate surface area is 162 Å². The number of nitrogens with zero attached hydrogens (tertiary/aromatic N) is 3. The van der Waals surface area contributed by atoms with E-state index >= 15 is 0 Å². The number of nitrogens with two attached hydrogens (primary N) is 2. The highest BCUT2D eigenvalue weighted by molar-refractivity contribution is 7.21. The number of thiophene rings is 1. The summed E-state index contributed by atoms with van der Waals surface area (Å²) in [4.78, 5) is 23.0. The number of likely N-dealkylation sites (N-methyl/N-ethyl adjacent to an activating group) is 1. The number of morpholine rings is 1. The Morgan fingerprint density at radius 3 is 2.67 bits per heavy atom. The van der Waals surface area contributed by atoms with Gasteiger partial charge in [0, 0.05) is 36.1 Å². The van der Waals surface area contributed by atoms with E-state index in [1.165, 1.54) is 22.5 Å². The summed E-state index contributed by atoms with van der Waals surface area (Å²) in [5, 5.41) is 0.909. The third kappa shape index (κ3) is 2.94. The van der Waals surface area contributed by atoms with Crippen molar-refractivity contribution >= 4 is 39.0 Å². The highest BCUT2D eigenvalue weighted by atomic mass is 32.1. The van der Waals surface area contributed by atoms with Gasteiger partial charge in [-0.3, -0.25) is 15.1 Å². The number of nitrogen functional groups attached to an aromatic ring is 2. The molecule has 1 fully saturated rings. The Bertz CT molecular complexity index is 903. The molecule has 4 rings (SSSR count). The average Bonchev–Trinajstić information content (AvgIpc) is 2.99. The first-order chi connectivity index (χ1) is 12.8. The lowest BCUT2D eigenvalue weighted by molar-refractivity contribution is 0.0958. The molecule has 2 aliphatic heterocycles. The molecule has 0 aromatic carbocycles. The van der Waals surface area contributed by atoms with Crippen molar-refractivity contribution in [2.24, 2.45) is 5.84 Å². The van der Waals surface area contributed by atoms with Crippen LogP contribution in [-0.2, 0) is 17.7 Å². The van der Waals surface area contributed by atoms with E-state index in [1.807, 2.05) is 0 Å². The summed E-state index contributed by atoms with van der Waals surface area (Å²) in [6.07, 6.45) is 0.847. The number of amides is 1. The Morgan fingerprint density at radius 2 is 2.00 bits per heavy atom. The van der Waals surface area contributed by atoms with E-state index in [9.17, 15) is 4.79 Å². The first-order valence-corrected chi connectivity index (χ1v) is 9.93. The van der Waals surface area contributed by atoms with E-state index in [0.29, 0.717) is 23.8 Å². The minimum Gasteiger partial charge on any atom is -0.397 e. The van der Waals surface area contributed by atoms with Gasteiger partial charge in [-0.2, -0.15) is 0 Å². The van der Waals surface area contributed by atoms with E-state index < -0.39 is 0 Å². The first kappa shape index (κ1) is 18.4. The maximum absolute atomic E-state index is 12.2. The predicted molar refractivity (Wildman–Crippen MR) is 108 cm³/mol. The molecule has 0 aliphatic carbocycles. The third-order valence-electron chi connectivity index (χ3n) is 5.76. The molecule has 0 atom stereocenters. The number of hydrogen-bond acceptors (Lipinski definition) is 8. The lowest BCUT2D eigenvalue weighted by atomic mass is 9.84. The number of aromatic nitrogens is 1. The summed E-state index contributed by atoms with van der Waals surface area (Å²) in [6.45, 7) is 8.28. The van der Waals surface area contributed by atoms with Crippen molar-refractivity contribution in [1.29, 1.82) is 0 Å². The van der Waals surface area contributed by atoms with Gasteiger partial charge >= 0.3 is 0 Å². The van der Waals surface area contributed by atoms with Crippen molar-refractivity contribution in [3.05, 3.63) is 16.0 Å². The smallest absolute Gasteiger partial charge is 0.277 e. The van der Waals surface area contributed by atoms with Gasteiger partial charge in [0.1, 0.15) is 15.5 Å². The summed E-state index contributed by atoms with van der Waals surface area (Å²) in [7, 11) is 2.14. The number of rotatable bonds is 2. The van der Waals surface area contributed by atoms with Gasteiger partial charge in [0.05, 0.1) is 18.9 Å². The molecule has 2 aromatic heterocycles. The van der Waals surface area contributed by atoms with Crippen molar-refractivity contribution in [3.63, 3.8) is 0 Å². The molecule has 0 unspecified atom stereocenters. The van der Waals surface area contributed by atoms with Crippen LogP contribution in [0.15, 0.2) is 0 Å². The van der Waals surface area contributed by atoms with E-state index in [1.54, 1.807) is 0 Å². The number of fused-ring (bicyclic) bond motifs is 3. The standard InChI is InChI=1S/C18H26N6O2S/c1-18(2)8-10-11(9-23(18)3)15(24-4-6-26-7-5-24)21-17-12(10)13(19)14(27-17)16(25)22-20/h4-9,19-20H2,1-3H3,(H,22,25). The molecule has 1 amide bonds. The summed E-state index contributed by atoms with van der Waals surface area (Å²) >= 11 is 1.31. The Balaban J connectivity index is 1.96. The van der Waals surface area contributed by atoms with Crippen LogP contribution >= 0.6 is 11.3 Å².